The molecule has 0 saturated carbocycles. The van der Waals surface area contributed by atoms with Crippen LogP contribution in [-0.4, -0.2) is 68.3 Å². The number of carbonyl (C=O) groups is 1. The third kappa shape index (κ3) is 7.76. The van der Waals surface area contributed by atoms with Crippen molar-refractivity contribution in [2.24, 2.45) is 0 Å². The molecule has 0 aliphatic carbocycles. The lowest BCUT2D eigenvalue weighted by molar-refractivity contribution is -0.137. The van der Waals surface area contributed by atoms with E-state index >= 15 is 0 Å². The number of carbonyl (C=O) groups excluding carboxylic acids is 1. The highest BCUT2D eigenvalue weighted by molar-refractivity contribution is 6.33. The van der Waals surface area contributed by atoms with Crippen LogP contribution in [0.2, 0.25) is 10.0 Å². The van der Waals surface area contributed by atoms with Gasteiger partial charge in [0.1, 0.15) is 11.6 Å². The number of amides is 1. The average Bonchev–Trinajstić information content (AvgIpc) is 2.86. The van der Waals surface area contributed by atoms with Crippen molar-refractivity contribution >= 4 is 40.6 Å². The van der Waals surface area contributed by atoms with Gasteiger partial charge in [-0.2, -0.15) is 13.2 Å². The number of nitrogens with two attached hydrogens (primary N) is 1. The molecule has 2 unspecified atom stereocenters. The number of methoxy groups -OCH3 is 2. The number of unbranched alkanes of at least 4 members (excludes halogenated alkanes) is 1. The van der Waals surface area contributed by atoms with Crippen LogP contribution in [-0.2, 0) is 10.9 Å². The average molecular weight is 564 g/mol. The lowest BCUT2D eigenvalue weighted by atomic mass is 10.0. The van der Waals surface area contributed by atoms with Crippen molar-refractivity contribution in [2.75, 3.05) is 51.4 Å². The normalized spacial score (nSPS) is 18.5. The number of rotatable bonds is 10. The van der Waals surface area contributed by atoms with Crippen LogP contribution in [0.15, 0.2) is 24.4 Å². The molecule has 3 rings (SSSR count). The molecule has 0 radical (unpaired) electrons. The molecule has 8 nitrogen and oxygen atoms in total. The number of aromatic nitrogens is 1. The summed E-state index contributed by atoms with van der Waals surface area (Å²) < 4.78 is 49.1. The molecule has 2 heterocycles. The number of halogens is 5. The minimum atomic E-state index is -4.48. The summed E-state index contributed by atoms with van der Waals surface area (Å²) in [6.45, 7) is 2.73. The van der Waals surface area contributed by atoms with E-state index in [4.69, 9.17) is 38.4 Å². The second kappa shape index (κ2) is 12.9. The smallest absolute Gasteiger partial charge is 0.417 e. The summed E-state index contributed by atoms with van der Waals surface area (Å²) in [6.07, 6.45) is -1.62. The number of likely N-dealkylation sites (tertiary alicyclic amines) is 1. The van der Waals surface area contributed by atoms with Crippen molar-refractivity contribution in [1.29, 1.82) is 0 Å². The maximum absolute atomic E-state index is 12.9. The highest BCUT2D eigenvalue weighted by Gasteiger charge is 2.32. The summed E-state index contributed by atoms with van der Waals surface area (Å²) in [5.74, 6) is 0.248. The van der Waals surface area contributed by atoms with E-state index in [1.807, 2.05) is 0 Å². The number of benzene rings is 1. The number of hydrogen-bond donors (Lipinski definition) is 3. The maximum atomic E-state index is 12.9. The summed E-state index contributed by atoms with van der Waals surface area (Å²) in [7, 11) is 3.07. The van der Waals surface area contributed by atoms with Crippen molar-refractivity contribution in [3.05, 3.63) is 45.6 Å². The lowest BCUT2D eigenvalue weighted by Crippen LogP contribution is -2.54. The molecule has 204 valence electrons. The van der Waals surface area contributed by atoms with E-state index in [0.29, 0.717) is 36.5 Å². The molecule has 37 heavy (non-hydrogen) atoms. The number of pyridine rings is 1. The Balaban J connectivity index is 1.44. The predicted octanol–water partition coefficient (Wildman–Crippen LogP) is 4.71. The molecular weight excluding hydrogens is 534 g/mol. The second-order valence-electron chi connectivity index (χ2n) is 8.70. The van der Waals surface area contributed by atoms with Gasteiger partial charge in [-0.05, 0) is 37.9 Å². The number of anilines is 2. The Hall–Kier alpha value is -2.47. The van der Waals surface area contributed by atoms with Gasteiger partial charge in [-0.1, -0.05) is 23.2 Å². The number of nitrogens with one attached hydrogen (secondary N) is 2. The van der Waals surface area contributed by atoms with Crippen LogP contribution < -0.4 is 21.1 Å². The standard InChI is InChI=1S/C24H30Cl2F3N5O3/c1-36-20-11-18(30)16(25)10-15(20)23(35)33-19-5-8-34(13-21(19)37-2)7-4-3-6-31-22-17(26)9-14(12-32-22)24(27,28)29/h9-12,19,21H,3-8,13,30H2,1-2H3,(H,31,32)(H,33,35). The fourth-order valence-corrected chi connectivity index (χ4v) is 4.54. The SMILES string of the molecule is COc1cc(N)c(Cl)cc1C(=O)NC1CCN(CCCCNc2ncc(C(F)(F)F)cc2Cl)CC1OC. The summed E-state index contributed by atoms with van der Waals surface area (Å²) in [5.41, 5.74) is 5.55. The molecular formula is C24H30Cl2F3N5O3. The number of piperidine rings is 1. The van der Waals surface area contributed by atoms with Gasteiger partial charge in [0.15, 0.2) is 0 Å². The lowest BCUT2D eigenvalue weighted by Gasteiger charge is -2.38. The van der Waals surface area contributed by atoms with Gasteiger partial charge in [0, 0.05) is 39.0 Å². The Bertz CT molecular complexity index is 1090. The van der Waals surface area contributed by atoms with Gasteiger partial charge >= 0.3 is 6.18 Å². The monoisotopic (exact) mass is 563 g/mol. The van der Waals surface area contributed by atoms with Crippen molar-refractivity contribution in [1.82, 2.24) is 15.2 Å². The van der Waals surface area contributed by atoms with Gasteiger partial charge in [0.05, 0.1) is 46.1 Å². The molecule has 1 amide bonds. The molecule has 1 aliphatic rings. The van der Waals surface area contributed by atoms with E-state index in [-0.39, 0.29) is 33.9 Å². The third-order valence-corrected chi connectivity index (χ3v) is 6.80. The van der Waals surface area contributed by atoms with E-state index in [1.54, 1.807) is 7.11 Å². The van der Waals surface area contributed by atoms with E-state index < -0.39 is 11.7 Å². The Morgan fingerprint density at radius 1 is 1.22 bits per heavy atom. The van der Waals surface area contributed by atoms with Gasteiger partial charge in [0.25, 0.3) is 5.91 Å². The molecule has 0 bridgehead atoms. The molecule has 1 aromatic carbocycles. The molecule has 13 heteroatoms. The zero-order valence-electron chi connectivity index (χ0n) is 20.5. The van der Waals surface area contributed by atoms with E-state index in [0.717, 1.165) is 38.2 Å². The molecule has 2 atom stereocenters. The largest absolute Gasteiger partial charge is 0.496 e. The number of alkyl halides is 3. The Labute approximate surface area is 223 Å². The minimum absolute atomic E-state index is 0.0688. The molecule has 1 saturated heterocycles. The number of hydrogen-bond acceptors (Lipinski definition) is 7. The van der Waals surface area contributed by atoms with Crippen molar-refractivity contribution in [2.45, 2.75) is 37.6 Å². The van der Waals surface area contributed by atoms with Crippen LogP contribution in [0.25, 0.3) is 0 Å². The Kier molecular flexibility index (Phi) is 10.1. The number of ether oxygens (including phenoxy) is 2. The highest BCUT2D eigenvalue weighted by atomic mass is 35.5. The minimum Gasteiger partial charge on any atom is -0.496 e. The quantitative estimate of drug-likeness (QED) is 0.284. The summed E-state index contributed by atoms with van der Waals surface area (Å²) in [4.78, 5) is 18.9. The first kappa shape index (κ1) is 29.1. The van der Waals surface area contributed by atoms with Gasteiger partial charge in [-0.3, -0.25) is 4.79 Å². The van der Waals surface area contributed by atoms with Crippen LogP contribution in [0, 0.1) is 0 Å². The van der Waals surface area contributed by atoms with E-state index in [2.05, 4.69) is 20.5 Å². The first-order valence-electron chi connectivity index (χ1n) is 11.7. The van der Waals surface area contributed by atoms with Crippen molar-refractivity contribution < 1.29 is 27.4 Å². The van der Waals surface area contributed by atoms with Crippen molar-refractivity contribution in [3.8, 4) is 5.75 Å². The molecule has 2 aromatic rings. The Morgan fingerprint density at radius 3 is 2.62 bits per heavy atom. The fraction of sp³-hybridized carbons (Fsp3) is 0.500. The summed E-state index contributed by atoms with van der Waals surface area (Å²) in [6, 6.07) is 3.68. The van der Waals surface area contributed by atoms with Gasteiger partial charge in [0.2, 0.25) is 0 Å². The molecule has 1 aliphatic heterocycles. The fourth-order valence-electron chi connectivity index (χ4n) is 4.14. The predicted molar refractivity (Wildman–Crippen MR) is 137 cm³/mol. The van der Waals surface area contributed by atoms with Crippen LogP contribution >= 0.6 is 23.2 Å². The summed E-state index contributed by atoms with van der Waals surface area (Å²) in [5, 5.41) is 6.21. The van der Waals surface area contributed by atoms with Crippen molar-refractivity contribution in [3.63, 3.8) is 0 Å². The van der Waals surface area contributed by atoms with Crippen LogP contribution in [0.5, 0.6) is 5.75 Å². The molecule has 4 N–H and O–H groups in total. The van der Waals surface area contributed by atoms with Crippen LogP contribution in [0.1, 0.15) is 35.2 Å². The van der Waals surface area contributed by atoms with Gasteiger partial charge in [-0.25, -0.2) is 4.98 Å². The maximum Gasteiger partial charge on any atom is 0.417 e. The van der Waals surface area contributed by atoms with E-state index in [1.165, 1.54) is 19.2 Å². The highest BCUT2D eigenvalue weighted by Crippen LogP contribution is 2.32. The van der Waals surface area contributed by atoms with Gasteiger partial charge in [-0.15, -0.1) is 0 Å². The second-order valence-corrected chi connectivity index (χ2v) is 9.52. The first-order chi connectivity index (χ1) is 17.5. The topological polar surface area (TPSA) is 102 Å². The first-order valence-corrected chi connectivity index (χ1v) is 12.4. The number of nitrogen functional groups attached to an aromatic ring is 1. The van der Waals surface area contributed by atoms with E-state index in [9.17, 15) is 18.0 Å². The van der Waals surface area contributed by atoms with Crippen LogP contribution in [0.3, 0.4) is 0 Å². The number of nitrogens with zero attached hydrogens (tertiary/aromatic N) is 2. The summed E-state index contributed by atoms with van der Waals surface area (Å²) >= 11 is 12.0. The third-order valence-electron chi connectivity index (χ3n) is 6.19. The van der Waals surface area contributed by atoms with Gasteiger partial charge < -0.3 is 30.7 Å². The zero-order valence-corrected chi connectivity index (χ0v) is 22.0. The zero-order chi connectivity index (χ0) is 27.2. The Morgan fingerprint density at radius 2 is 1.97 bits per heavy atom. The molecule has 1 aromatic heterocycles. The van der Waals surface area contributed by atoms with Crippen LogP contribution in [0.4, 0.5) is 24.7 Å². The molecule has 0 spiro atoms. The molecule has 1 fully saturated rings.